The van der Waals surface area contributed by atoms with E-state index in [4.69, 9.17) is 0 Å². The number of aliphatic hydroxyl groups excluding tert-OH is 1. The highest BCUT2D eigenvalue weighted by molar-refractivity contribution is 5.93. The smallest absolute Gasteiger partial charge is 0.158 e. The van der Waals surface area contributed by atoms with Crippen molar-refractivity contribution < 1.29 is 14.3 Å². The minimum Gasteiger partial charge on any atom is -0.389 e. The molecule has 0 bridgehead atoms. The summed E-state index contributed by atoms with van der Waals surface area (Å²) >= 11 is 0. The number of halogens is 1. The van der Waals surface area contributed by atoms with Crippen LogP contribution in [0.3, 0.4) is 0 Å². The van der Waals surface area contributed by atoms with Gasteiger partial charge in [-0.15, -0.1) is 0 Å². The van der Waals surface area contributed by atoms with Crippen LogP contribution in [0, 0.1) is 34.5 Å². The van der Waals surface area contributed by atoms with Gasteiger partial charge in [0.2, 0.25) is 0 Å². The third-order valence-corrected chi connectivity index (χ3v) is 8.52. The number of fused-ring (bicyclic) bond motifs is 5. The van der Waals surface area contributed by atoms with Gasteiger partial charge in [0, 0.05) is 5.92 Å². The maximum atomic E-state index is 14.3. The maximum Gasteiger partial charge on any atom is 0.158 e. The summed E-state index contributed by atoms with van der Waals surface area (Å²) in [6.07, 6.45) is 9.13. The molecule has 0 radical (unpaired) electrons. The van der Waals surface area contributed by atoms with Crippen LogP contribution in [-0.4, -0.2) is 17.5 Å². The lowest BCUT2D eigenvalue weighted by Crippen LogP contribution is -2.50. The van der Waals surface area contributed by atoms with E-state index >= 15 is 0 Å². The molecule has 4 aliphatic carbocycles. The number of hydrogen-bond acceptors (Lipinski definition) is 2. The van der Waals surface area contributed by atoms with E-state index in [-0.39, 0.29) is 22.6 Å². The Balaban J connectivity index is 1.69. The third kappa shape index (κ3) is 2.34. The van der Waals surface area contributed by atoms with Gasteiger partial charge in [0.05, 0.1) is 6.61 Å². The van der Waals surface area contributed by atoms with Crippen molar-refractivity contribution in [1.29, 1.82) is 0 Å². The quantitative estimate of drug-likeness (QED) is 0.727. The van der Waals surface area contributed by atoms with Crippen LogP contribution in [0.2, 0.25) is 0 Å². The van der Waals surface area contributed by atoms with Crippen LogP contribution in [0.4, 0.5) is 4.39 Å². The van der Waals surface area contributed by atoms with E-state index in [1.807, 2.05) is 6.08 Å². The predicted molar refractivity (Wildman–Crippen MR) is 96.5 cm³/mol. The lowest BCUT2D eigenvalue weighted by atomic mass is 9.46. The van der Waals surface area contributed by atoms with E-state index in [9.17, 15) is 14.3 Å². The predicted octanol–water partition coefficient (Wildman–Crippen LogP) is 4.98. The van der Waals surface area contributed by atoms with Crippen LogP contribution in [0.5, 0.6) is 0 Å². The second-order valence-corrected chi connectivity index (χ2v) is 9.55. The summed E-state index contributed by atoms with van der Waals surface area (Å²) in [5.74, 6) is 1.95. The molecule has 6 atom stereocenters. The summed E-state index contributed by atoms with van der Waals surface area (Å²) in [6.45, 7) is 6.26. The summed E-state index contributed by atoms with van der Waals surface area (Å²) in [4.78, 5) is 12.2. The van der Waals surface area contributed by atoms with Crippen molar-refractivity contribution in [3.8, 4) is 0 Å². The first-order valence-electron chi connectivity index (χ1n) is 10.0. The first-order chi connectivity index (χ1) is 11.8. The molecule has 1 N–H and O–H groups in total. The van der Waals surface area contributed by atoms with Crippen LogP contribution in [0.15, 0.2) is 23.0 Å². The van der Waals surface area contributed by atoms with E-state index in [0.717, 1.165) is 50.5 Å². The average molecular weight is 346 g/mol. The number of rotatable bonds is 1. The molecule has 3 heteroatoms. The van der Waals surface area contributed by atoms with Gasteiger partial charge in [-0.2, -0.15) is 0 Å². The lowest BCUT2D eigenvalue weighted by Gasteiger charge is -2.58. The van der Waals surface area contributed by atoms with Crippen molar-refractivity contribution in [1.82, 2.24) is 0 Å². The van der Waals surface area contributed by atoms with Crippen LogP contribution >= 0.6 is 0 Å². The second-order valence-electron chi connectivity index (χ2n) is 9.55. The Morgan fingerprint density at radius 2 is 1.92 bits per heavy atom. The highest BCUT2D eigenvalue weighted by Crippen LogP contribution is 2.67. The monoisotopic (exact) mass is 346 g/mol. The Kier molecular flexibility index (Phi) is 4.03. The number of carbonyl (C=O) groups is 1. The van der Waals surface area contributed by atoms with E-state index in [0.29, 0.717) is 23.5 Å². The van der Waals surface area contributed by atoms with Crippen molar-refractivity contribution in [2.45, 2.75) is 65.7 Å². The van der Waals surface area contributed by atoms with Gasteiger partial charge < -0.3 is 5.11 Å². The number of allylic oxidation sites excluding steroid dienone is 2. The summed E-state index contributed by atoms with van der Waals surface area (Å²) in [6, 6.07) is 0. The first-order valence-corrected chi connectivity index (χ1v) is 10.0. The highest BCUT2D eigenvalue weighted by Gasteiger charge is 2.58. The van der Waals surface area contributed by atoms with Crippen molar-refractivity contribution in [3.05, 3.63) is 23.0 Å². The third-order valence-electron chi connectivity index (χ3n) is 8.52. The van der Waals surface area contributed by atoms with E-state index < -0.39 is 6.61 Å². The molecule has 0 aromatic rings. The summed E-state index contributed by atoms with van der Waals surface area (Å²) < 4.78 is 14.3. The topological polar surface area (TPSA) is 37.3 Å². The summed E-state index contributed by atoms with van der Waals surface area (Å²) in [5.41, 5.74) is 2.37. The molecule has 0 heterocycles. The fourth-order valence-corrected chi connectivity index (χ4v) is 7.25. The van der Waals surface area contributed by atoms with Crippen molar-refractivity contribution in [3.63, 3.8) is 0 Å². The van der Waals surface area contributed by atoms with Gasteiger partial charge in [0.25, 0.3) is 0 Å². The molecule has 0 saturated heterocycles. The SMILES string of the molecule is CC1C[C@@]2(C)C(=CC1=O)CC[C@@H]1[C@@H]2CC[C@]2(C)C(=C(F)CO)CC[C@@H]12. The zero-order chi connectivity index (χ0) is 18.0. The number of aliphatic hydroxyl groups is 1. The first kappa shape index (κ1) is 17.5. The molecule has 138 valence electrons. The van der Waals surface area contributed by atoms with Gasteiger partial charge >= 0.3 is 0 Å². The Morgan fingerprint density at radius 1 is 1.20 bits per heavy atom. The van der Waals surface area contributed by atoms with Gasteiger partial charge in [-0.3, -0.25) is 4.79 Å². The van der Waals surface area contributed by atoms with Gasteiger partial charge in [-0.05, 0) is 85.2 Å². The molecule has 0 aliphatic heterocycles. The molecule has 25 heavy (non-hydrogen) atoms. The molecule has 1 unspecified atom stereocenters. The Labute approximate surface area is 150 Å². The molecule has 3 fully saturated rings. The zero-order valence-electron chi connectivity index (χ0n) is 15.8. The van der Waals surface area contributed by atoms with Crippen molar-refractivity contribution in [2.75, 3.05) is 6.61 Å². The molecule has 0 aromatic heterocycles. The fraction of sp³-hybridized carbons (Fsp3) is 0.773. The molecule has 2 nitrogen and oxygen atoms in total. The Bertz CT molecular complexity index is 663. The minimum absolute atomic E-state index is 0.0678. The fourth-order valence-electron chi connectivity index (χ4n) is 7.25. The number of hydrogen-bond donors (Lipinski definition) is 1. The standard InChI is InChI=1S/C22H31FO2/c1-13-11-22(3)14(10-20(13)25)4-5-15-16-6-7-18(19(23)12-24)21(16,2)9-8-17(15)22/h10,13,15-17,24H,4-9,11-12H2,1-3H3/t13?,15-,16-,17-,21-,22-/m0/s1. The molecule has 0 aromatic carbocycles. The van der Waals surface area contributed by atoms with Crippen molar-refractivity contribution in [2.24, 2.45) is 34.5 Å². The van der Waals surface area contributed by atoms with Gasteiger partial charge in [-0.25, -0.2) is 4.39 Å². The Hall–Kier alpha value is -0.960. The molecule has 0 spiro atoms. The lowest BCUT2D eigenvalue weighted by molar-refractivity contribution is -0.121. The summed E-state index contributed by atoms with van der Waals surface area (Å²) in [7, 11) is 0. The minimum atomic E-state index is -0.448. The van der Waals surface area contributed by atoms with Gasteiger partial charge in [0.1, 0.15) is 5.83 Å². The molecular weight excluding hydrogens is 315 g/mol. The van der Waals surface area contributed by atoms with E-state index in [2.05, 4.69) is 20.8 Å². The van der Waals surface area contributed by atoms with Crippen LogP contribution in [0.25, 0.3) is 0 Å². The second kappa shape index (κ2) is 5.77. The number of ketones is 1. The largest absolute Gasteiger partial charge is 0.389 e. The van der Waals surface area contributed by atoms with Gasteiger partial charge in [-0.1, -0.05) is 26.3 Å². The van der Waals surface area contributed by atoms with E-state index in [1.54, 1.807) is 0 Å². The van der Waals surface area contributed by atoms with Gasteiger partial charge in [0.15, 0.2) is 5.78 Å². The Morgan fingerprint density at radius 3 is 2.64 bits per heavy atom. The average Bonchev–Trinajstić information content (AvgIpc) is 2.93. The highest BCUT2D eigenvalue weighted by atomic mass is 19.1. The molecule has 3 saturated carbocycles. The van der Waals surface area contributed by atoms with Crippen LogP contribution in [-0.2, 0) is 4.79 Å². The zero-order valence-corrected chi connectivity index (χ0v) is 15.8. The summed E-state index contributed by atoms with van der Waals surface area (Å²) in [5, 5.41) is 9.31. The molecule has 0 amide bonds. The molecule has 4 rings (SSSR count). The van der Waals surface area contributed by atoms with Crippen LogP contribution in [0.1, 0.15) is 65.7 Å². The van der Waals surface area contributed by atoms with Crippen LogP contribution < -0.4 is 0 Å². The normalized spacial score (nSPS) is 48.4. The maximum absolute atomic E-state index is 14.3. The van der Waals surface area contributed by atoms with Crippen molar-refractivity contribution >= 4 is 5.78 Å². The molecular formula is C22H31FO2. The number of carbonyl (C=O) groups excluding carboxylic acids is 1. The van der Waals surface area contributed by atoms with E-state index in [1.165, 1.54) is 5.57 Å². The molecule has 4 aliphatic rings.